The minimum atomic E-state index is -2.31. The van der Waals surface area contributed by atoms with Crippen molar-refractivity contribution >= 4 is 35.1 Å². The van der Waals surface area contributed by atoms with Crippen LogP contribution >= 0.6 is 31.9 Å². The van der Waals surface area contributed by atoms with E-state index in [1.54, 1.807) is 3.21 Å². The van der Waals surface area contributed by atoms with Crippen molar-refractivity contribution in [1.29, 1.82) is 0 Å². The molecule has 5 heteroatoms. The molecule has 0 radical (unpaired) electrons. The first-order valence-electron chi connectivity index (χ1n) is 11.0. The van der Waals surface area contributed by atoms with Gasteiger partial charge in [0.05, 0.1) is 0 Å². The van der Waals surface area contributed by atoms with Crippen molar-refractivity contribution in [3.05, 3.63) is 116 Å². The van der Waals surface area contributed by atoms with Crippen LogP contribution in [0, 0.1) is 0 Å². The summed E-state index contributed by atoms with van der Waals surface area (Å²) in [7, 11) is 0. The normalized spacial score (nSPS) is 16.1. The van der Waals surface area contributed by atoms with Crippen molar-refractivity contribution < 1.29 is 46.1 Å². The van der Waals surface area contributed by atoms with E-state index in [2.05, 4.69) is 131 Å². The van der Waals surface area contributed by atoms with Crippen molar-refractivity contribution in [3.63, 3.8) is 0 Å². The van der Waals surface area contributed by atoms with Crippen molar-refractivity contribution in [2.45, 2.75) is 21.1 Å². The predicted octanol–water partition coefficient (Wildman–Crippen LogP) is 2.89. The second-order valence-corrected chi connectivity index (χ2v) is 18.3. The van der Waals surface area contributed by atoms with E-state index in [9.17, 15) is 0 Å². The minimum Gasteiger partial charge on any atom is -1.00 e. The van der Waals surface area contributed by atoms with Gasteiger partial charge in [0.1, 0.15) is 0 Å². The van der Waals surface area contributed by atoms with Gasteiger partial charge in [0.25, 0.3) is 0 Å². The molecule has 0 spiro atoms. The Kier molecular flexibility index (Phi) is 7.93. The second kappa shape index (κ2) is 10.3. The number of hydrogen-bond acceptors (Lipinski definition) is 0. The number of halogens is 4. The molecule has 0 saturated heterocycles. The Balaban J connectivity index is 0.00000137. The van der Waals surface area contributed by atoms with Gasteiger partial charge in [0.15, 0.2) is 0 Å². The zero-order valence-corrected chi connectivity index (χ0v) is 25.9. The van der Waals surface area contributed by atoms with E-state index in [1.807, 2.05) is 0 Å². The molecular formula is C29H22Br2Cl2Zr. The first-order valence-corrected chi connectivity index (χ1v) is 16.6. The zero-order chi connectivity index (χ0) is 22.0. The van der Waals surface area contributed by atoms with Gasteiger partial charge in [-0.3, -0.25) is 0 Å². The van der Waals surface area contributed by atoms with Gasteiger partial charge in [-0.15, -0.1) is 0 Å². The first kappa shape index (κ1) is 26.2. The maximum atomic E-state index is 3.78. The Labute approximate surface area is 238 Å². The number of benzene rings is 4. The molecule has 170 valence electrons. The van der Waals surface area contributed by atoms with Gasteiger partial charge in [-0.05, 0) is 0 Å². The average molecular weight is 692 g/mol. The summed E-state index contributed by atoms with van der Waals surface area (Å²) in [6.07, 6.45) is 0. The monoisotopic (exact) mass is 688 g/mol. The molecule has 0 N–H and O–H groups in total. The van der Waals surface area contributed by atoms with Gasteiger partial charge in [0.2, 0.25) is 0 Å². The second-order valence-electron chi connectivity index (χ2n) is 8.96. The van der Waals surface area contributed by atoms with Crippen LogP contribution in [0.1, 0.15) is 43.4 Å². The van der Waals surface area contributed by atoms with Gasteiger partial charge >= 0.3 is 216 Å². The molecule has 2 aliphatic rings. The van der Waals surface area contributed by atoms with Crippen LogP contribution < -0.4 is 24.8 Å². The van der Waals surface area contributed by atoms with Crippen molar-refractivity contribution in [2.75, 3.05) is 0 Å². The smallest absolute Gasteiger partial charge is 1.00 e. The van der Waals surface area contributed by atoms with Crippen LogP contribution in [-0.2, 0) is 21.3 Å². The largest absolute Gasteiger partial charge is 1.00 e. The molecule has 2 unspecified atom stereocenters. The summed E-state index contributed by atoms with van der Waals surface area (Å²) in [5.41, 5.74) is 11.8. The summed E-state index contributed by atoms with van der Waals surface area (Å²) in [4.78, 5) is 0. The molecule has 2 aliphatic carbocycles. The molecule has 0 saturated carbocycles. The number of hydrogen-bond donors (Lipinski definition) is 0. The Hall–Kier alpha value is -0.827. The van der Waals surface area contributed by atoms with Gasteiger partial charge in [-0.1, -0.05) is 0 Å². The Morgan fingerprint density at radius 2 is 0.941 bits per heavy atom. The molecule has 0 heterocycles. The van der Waals surface area contributed by atoms with Crippen LogP contribution in [0.3, 0.4) is 0 Å². The Morgan fingerprint density at radius 3 is 1.35 bits per heavy atom. The number of fused-ring (bicyclic) bond motifs is 6. The Bertz CT molecular complexity index is 1340. The van der Waals surface area contributed by atoms with Crippen LogP contribution in [-0.4, -0.2) is 3.21 Å². The Morgan fingerprint density at radius 1 is 0.559 bits per heavy atom. The van der Waals surface area contributed by atoms with Gasteiger partial charge in [-0.25, -0.2) is 0 Å². The fraction of sp³-hybridized carbons (Fsp3) is 0.138. The van der Waals surface area contributed by atoms with Crippen LogP contribution in [0.5, 0.6) is 0 Å². The van der Waals surface area contributed by atoms with Gasteiger partial charge in [-0.2, -0.15) is 0 Å². The molecular weight excluding hydrogens is 670 g/mol. The minimum absolute atomic E-state index is 0. The quantitative estimate of drug-likeness (QED) is 0.304. The summed E-state index contributed by atoms with van der Waals surface area (Å²) in [6, 6.07) is 32.1. The van der Waals surface area contributed by atoms with Gasteiger partial charge in [0, 0.05) is 0 Å². The molecule has 0 aliphatic heterocycles. The molecule has 4 aromatic carbocycles. The van der Waals surface area contributed by atoms with E-state index in [4.69, 9.17) is 0 Å². The van der Waals surface area contributed by atoms with E-state index >= 15 is 0 Å². The van der Waals surface area contributed by atoms with E-state index < -0.39 is 21.3 Å². The third-order valence-corrected chi connectivity index (χ3v) is 16.9. The molecule has 34 heavy (non-hydrogen) atoms. The summed E-state index contributed by atoms with van der Waals surface area (Å²) in [5, 5.41) is 0. The van der Waals surface area contributed by atoms with Crippen molar-refractivity contribution in [1.82, 2.24) is 0 Å². The first-order chi connectivity index (χ1) is 15.5. The predicted molar refractivity (Wildman–Crippen MR) is 139 cm³/mol. The third-order valence-electron chi connectivity index (χ3n) is 6.97. The van der Waals surface area contributed by atoms with Crippen LogP contribution in [0.25, 0.3) is 22.3 Å². The SMILES string of the molecule is C[C](C)=[Zr+2]([CH]1c2ccccc2-c2ccc(Br)cc21)[CH]1c2ccccc2-c2ccc(Br)cc21.[Cl-].[Cl-]. The fourth-order valence-electron chi connectivity index (χ4n) is 5.77. The topological polar surface area (TPSA) is 0 Å². The summed E-state index contributed by atoms with van der Waals surface area (Å²) >= 11 is 5.24. The molecule has 0 bridgehead atoms. The molecule has 0 fully saturated rings. The zero-order valence-electron chi connectivity index (χ0n) is 18.7. The summed E-state index contributed by atoms with van der Waals surface area (Å²) in [6.45, 7) is 4.82. The van der Waals surface area contributed by atoms with E-state index in [0.29, 0.717) is 7.25 Å². The number of rotatable bonds is 2. The van der Waals surface area contributed by atoms with Crippen LogP contribution in [0.2, 0.25) is 0 Å². The summed E-state index contributed by atoms with van der Waals surface area (Å²) < 4.78 is 5.08. The molecule has 2 atom stereocenters. The van der Waals surface area contributed by atoms with E-state index in [0.717, 1.165) is 0 Å². The average Bonchev–Trinajstić information content (AvgIpc) is 3.27. The summed E-state index contributed by atoms with van der Waals surface area (Å²) in [5.74, 6) is 0. The fourth-order valence-corrected chi connectivity index (χ4v) is 15.9. The maximum Gasteiger partial charge on any atom is -1.00 e. The molecule has 0 nitrogen and oxygen atoms in total. The molecule has 0 amide bonds. The van der Waals surface area contributed by atoms with Gasteiger partial charge < -0.3 is 24.8 Å². The molecule has 0 aromatic heterocycles. The van der Waals surface area contributed by atoms with Crippen LogP contribution in [0.15, 0.2) is 93.9 Å². The van der Waals surface area contributed by atoms with Crippen molar-refractivity contribution in [2.24, 2.45) is 0 Å². The molecule has 6 rings (SSSR count). The van der Waals surface area contributed by atoms with E-state index in [-0.39, 0.29) is 24.8 Å². The van der Waals surface area contributed by atoms with Crippen molar-refractivity contribution in [3.8, 4) is 22.3 Å². The standard InChI is InChI=1S/2C13H8Br.C3H6.2ClH.Zr/c2*14-11-5-6-13-10(8-11)7-9-3-1-2-4-12(9)13;1-3-2;;;/h2*1-8H;1-2H3;2*1H;/q;;;;;+2/p-2. The van der Waals surface area contributed by atoms with E-state index in [1.165, 1.54) is 53.5 Å². The third kappa shape index (κ3) is 4.10. The van der Waals surface area contributed by atoms with Crippen LogP contribution in [0.4, 0.5) is 0 Å². The maximum absolute atomic E-state index is 3.78. The molecule has 4 aromatic rings.